The van der Waals surface area contributed by atoms with E-state index in [9.17, 15) is 14.9 Å². The highest BCUT2D eigenvalue weighted by Gasteiger charge is 2.33. The largest absolute Gasteiger partial charge is 0.326 e. The number of piperazine rings is 1. The van der Waals surface area contributed by atoms with Crippen LogP contribution in [-0.4, -0.2) is 77.6 Å². The van der Waals surface area contributed by atoms with Crippen LogP contribution in [0.5, 0.6) is 0 Å². The molecule has 3 rings (SSSR count). The number of carbonyl (C=O) groups excluding carboxylic acids is 1. The highest BCUT2D eigenvalue weighted by molar-refractivity contribution is 8.00. The van der Waals surface area contributed by atoms with Crippen molar-refractivity contribution in [2.75, 3.05) is 52.1 Å². The van der Waals surface area contributed by atoms with Crippen molar-refractivity contribution in [3.05, 3.63) is 39.9 Å². The van der Waals surface area contributed by atoms with E-state index in [1.165, 1.54) is 6.07 Å². The monoisotopic (exact) mass is 364 g/mol. The van der Waals surface area contributed by atoms with Crippen LogP contribution in [0, 0.1) is 10.1 Å². The number of carbonyl (C=O) groups is 1. The van der Waals surface area contributed by atoms with E-state index in [-0.39, 0.29) is 21.9 Å². The third-order valence-corrected chi connectivity index (χ3v) is 6.06. The third-order valence-electron chi connectivity index (χ3n) is 4.80. The van der Waals surface area contributed by atoms with Crippen molar-refractivity contribution >= 4 is 23.4 Å². The molecule has 0 N–H and O–H groups in total. The van der Waals surface area contributed by atoms with Crippen LogP contribution in [0.15, 0.2) is 24.3 Å². The standard InChI is InChI=1S/C17H24N4O3S/c1-18-8-10-19(11-9-18)6-3-7-20-16(22)13-25-17(20)14-4-2-5-15(12-14)21(23)24/h2,4-5,12,17H,3,6-11,13H2,1H3/t17-/m1/s1. The molecule has 2 saturated heterocycles. The van der Waals surface area contributed by atoms with Crippen molar-refractivity contribution < 1.29 is 9.72 Å². The van der Waals surface area contributed by atoms with Gasteiger partial charge in [0.2, 0.25) is 5.91 Å². The molecule has 0 unspecified atom stereocenters. The van der Waals surface area contributed by atoms with E-state index >= 15 is 0 Å². The highest BCUT2D eigenvalue weighted by atomic mass is 32.2. The van der Waals surface area contributed by atoms with Crippen LogP contribution >= 0.6 is 11.8 Å². The summed E-state index contributed by atoms with van der Waals surface area (Å²) in [6.07, 6.45) is 0.932. The lowest BCUT2D eigenvalue weighted by molar-refractivity contribution is -0.384. The summed E-state index contributed by atoms with van der Waals surface area (Å²) in [6.45, 7) is 6.03. The molecule has 2 heterocycles. The molecule has 2 aliphatic heterocycles. The first-order valence-electron chi connectivity index (χ1n) is 8.61. The second-order valence-corrected chi connectivity index (χ2v) is 7.67. The SMILES string of the molecule is CN1CCN(CCCN2C(=O)CS[C@@H]2c2cccc([N+](=O)[O-])c2)CC1. The van der Waals surface area contributed by atoms with Crippen molar-refractivity contribution in [3.8, 4) is 0 Å². The van der Waals surface area contributed by atoms with Crippen molar-refractivity contribution in [1.29, 1.82) is 0 Å². The van der Waals surface area contributed by atoms with Crippen LogP contribution < -0.4 is 0 Å². The van der Waals surface area contributed by atoms with Gasteiger partial charge in [0.25, 0.3) is 5.69 Å². The zero-order valence-corrected chi connectivity index (χ0v) is 15.3. The molecule has 0 aliphatic carbocycles. The summed E-state index contributed by atoms with van der Waals surface area (Å²) in [7, 11) is 2.14. The van der Waals surface area contributed by atoms with Gasteiger partial charge in [0, 0.05) is 44.9 Å². The number of hydrogen-bond donors (Lipinski definition) is 0. The van der Waals surface area contributed by atoms with E-state index in [1.54, 1.807) is 23.9 Å². The Kier molecular flexibility index (Phi) is 5.93. The van der Waals surface area contributed by atoms with Crippen molar-refractivity contribution in [2.45, 2.75) is 11.8 Å². The molecule has 0 saturated carbocycles. The van der Waals surface area contributed by atoms with Gasteiger partial charge in [-0.2, -0.15) is 0 Å². The molecule has 1 aromatic carbocycles. The average Bonchev–Trinajstić information content (AvgIpc) is 2.98. The van der Waals surface area contributed by atoms with Gasteiger partial charge >= 0.3 is 0 Å². The van der Waals surface area contributed by atoms with Crippen molar-refractivity contribution in [1.82, 2.24) is 14.7 Å². The molecule has 0 radical (unpaired) electrons. The number of benzene rings is 1. The molecular formula is C17H24N4O3S. The van der Waals surface area contributed by atoms with E-state index in [4.69, 9.17) is 0 Å². The Hall–Kier alpha value is -1.64. The maximum Gasteiger partial charge on any atom is 0.269 e. The topological polar surface area (TPSA) is 69.9 Å². The van der Waals surface area contributed by atoms with Gasteiger partial charge < -0.3 is 14.7 Å². The lowest BCUT2D eigenvalue weighted by Gasteiger charge is -2.33. The molecule has 0 bridgehead atoms. The molecule has 1 atom stereocenters. The first kappa shape index (κ1) is 18.2. The van der Waals surface area contributed by atoms with Gasteiger partial charge in [0.1, 0.15) is 5.37 Å². The number of nitrogens with zero attached hydrogens (tertiary/aromatic N) is 4. The molecule has 25 heavy (non-hydrogen) atoms. The lowest BCUT2D eigenvalue weighted by Crippen LogP contribution is -2.45. The minimum Gasteiger partial charge on any atom is -0.326 e. The molecule has 2 aliphatic rings. The van der Waals surface area contributed by atoms with Gasteiger partial charge in [0.05, 0.1) is 10.7 Å². The van der Waals surface area contributed by atoms with Crippen molar-refractivity contribution in [3.63, 3.8) is 0 Å². The first-order chi connectivity index (χ1) is 12.0. The number of likely N-dealkylation sites (N-methyl/N-ethyl adjacent to an activating group) is 1. The van der Waals surface area contributed by atoms with Gasteiger partial charge in [-0.05, 0) is 25.6 Å². The summed E-state index contributed by atoms with van der Waals surface area (Å²) in [6, 6.07) is 6.64. The molecule has 1 amide bonds. The van der Waals surface area contributed by atoms with Gasteiger partial charge in [-0.25, -0.2) is 0 Å². The van der Waals surface area contributed by atoms with E-state index < -0.39 is 0 Å². The Morgan fingerprint density at radius 2 is 2.00 bits per heavy atom. The fourth-order valence-corrected chi connectivity index (χ4v) is 4.51. The van der Waals surface area contributed by atoms with Crippen LogP contribution in [0.3, 0.4) is 0 Å². The Balaban J connectivity index is 1.58. The van der Waals surface area contributed by atoms with E-state index in [0.29, 0.717) is 12.3 Å². The fraction of sp³-hybridized carbons (Fsp3) is 0.588. The van der Waals surface area contributed by atoms with Gasteiger partial charge in [-0.15, -0.1) is 11.8 Å². The van der Waals surface area contributed by atoms with Crippen LogP contribution in [0.4, 0.5) is 5.69 Å². The predicted molar refractivity (Wildman–Crippen MR) is 98.6 cm³/mol. The number of amides is 1. The quantitative estimate of drug-likeness (QED) is 0.566. The molecule has 0 spiro atoms. The number of hydrogen-bond acceptors (Lipinski definition) is 6. The van der Waals surface area contributed by atoms with Gasteiger partial charge in [-0.3, -0.25) is 14.9 Å². The zero-order chi connectivity index (χ0) is 17.8. The summed E-state index contributed by atoms with van der Waals surface area (Å²) in [5.74, 6) is 0.571. The molecule has 136 valence electrons. The molecule has 8 heteroatoms. The summed E-state index contributed by atoms with van der Waals surface area (Å²) >= 11 is 1.55. The van der Waals surface area contributed by atoms with Crippen LogP contribution in [0.2, 0.25) is 0 Å². The van der Waals surface area contributed by atoms with Crippen molar-refractivity contribution in [2.24, 2.45) is 0 Å². The van der Waals surface area contributed by atoms with Crippen LogP contribution in [0.1, 0.15) is 17.4 Å². The number of thioether (sulfide) groups is 1. The Labute approximate surface area is 152 Å². The average molecular weight is 364 g/mol. The highest BCUT2D eigenvalue weighted by Crippen LogP contribution is 2.39. The zero-order valence-electron chi connectivity index (χ0n) is 14.5. The third kappa shape index (κ3) is 4.50. The van der Waals surface area contributed by atoms with Gasteiger partial charge in [-0.1, -0.05) is 12.1 Å². The van der Waals surface area contributed by atoms with E-state index in [0.717, 1.165) is 44.7 Å². The summed E-state index contributed by atoms with van der Waals surface area (Å²) in [5.41, 5.74) is 0.916. The van der Waals surface area contributed by atoms with Crippen LogP contribution in [0.25, 0.3) is 0 Å². The second kappa shape index (κ2) is 8.16. The fourth-order valence-electron chi connectivity index (χ4n) is 3.30. The maximum atomic E-state index is 12.3. The first-order valence-corrected chi connectivity index (χ1v) is 9.66. The summed E-state index contributed by atoms with van der Waals surface area (Å²) in [4.78, 5) is 29.5. The second-order valence-electron chi connectivity index (χ2n) is 6.60. The number of rotatable bonds is 6. The van der Waals surface area contributed by atoms with Crippen LogP contribution in [-0.2, 0) is 4.79 Å². The minimum atomic E-state index is -0.386. The van der Waals surface area contributed by atoms with Gasteiger partial charge in [0.15, 0.2) is 0 Å². The number of nitro benzene ring substituents is 1. The Morgan fingerprint density at radius 3 is 2.72 bits per heavy atom. The molecule has 1 aromatic rings. The summed E-state index contributed by atoms with van der Waals surface area (Å²) < 4.78 is 0. The Bertz CT molecular complexity index is 634. The molecule has 0 aromatic heterocycles. The number of non-ortho nitro benzene ring substituents is 1. The number of nitro groups is 1. The van der Waals surface area contributed by atoms with E-state index in [2.05, 4.69) is 16.8 Å². The predicted octanol–water partition coefficient (Wildman–Crippen LogP) is 1.81. The minimum absolute atomic E-state index is 0.0786. The molecular weight excluding hydrogens is 340 g/mol. The normalized spacial score (nSPS) is 22.5. The smallest absolute Gasteiger partial charge is 0.269 e. The maximum absolute atomic E-state index is 12.3. The Morgan fingerprint density at radius 1 is 1.24 bits per heavy atom. The molecule has 2 fully saturated rings. The molecule has 7 nitrogen and oxygen atoms in total. The van der Waals surface area contributed by atoms with E-state index in [1.807, 2.05) is 11.0 Å². The summed E-state index contributed by atoms with van der Waals surface area (Å²) in [5, 5.41) is 10.9. The lowest BCUT2D eigenvalue weighted by atomic mass is 10.1.